The Morgan fingerprint density at radius 3 is 2.57 bits per heavy atom. The molecule has 1 aromatic carbocycles. The van der Waals surface area contributed by atoms with Crippen LogP contribution < -0.4 is 15.4 Å². The van der Waals surface area contributed by atoms with E-state index in [4.69, 9.17) is 4.74 Å². The lowest BCUT2D eigenvalue weighted by Crippen LogP contribution is -2.42. The summed E-state index contributed by atoms with van der Waals surface area (Å²) >= 11 is 0. The topological polar surface area (TPSA) is 45.7 Å². The molecular formula is C14H20F4IN3O. The standard InChI is InChI=1S/C14H19F4N3O.HI/c1-10(22-12-5-3-4-11(15)8-12)9-21-13(19-2)20-7-6-14(16,17)18;/h3-5,8,10H,6-7,9H2,1-2H3,(H2,19,20,21);1H. The first-order valence-corrected chi connectivity index (χ1v) is 6.73. The monoisotopic (exact) mass is 449 g/mol. The molecule has 0 spiro atoms. The molecule has 1 atom stereocenters. The third-order valence-corrected chi connectivity index (χ3v) is 2.61. The Kier molecular flexibility index (Phi) is 9.93. The molecule has 23 heavy (non-hydrogen) atoms. The zero-order valence-corrected chi connectivity index (χ0v) is 15.1. The van der Waals surface area contributed by atoms with Gasteiger partial charge in [-0.05, 0) is 19.1 Å². The van der Waals surface area contributed by atoms with Crippen molar-refractivity contribution in [3.63, 3.8) is 0 Å². The number of hydrogen-bond donors (Lipinski definition) is 2. The molecule has 0 amide bonds. The van der Waals surface area contributed by atoms with Crippen molar-refractivity contribution in [3.05, 3.63) is 30.1 Å². The molecule has 4 nitrogen and oxygen atoms in total. The summed E-state index contributed by atoms with van der Waals surface area (Å²) in [5, 5.41) is 5.40. The molecule has 0 saturated carbocycles. The number of nitrogens with one attached hydrogen (secondary N) is 2. The molecule has 0 fully saturated rings. The number of hydrogen-bond acceptors (Lipinski definition) is 2. The van der Waals surface area contributed by atoms with Gasteiger partial charge >= 0.3 is 6.18 Å². The molecule has 132 valence electrons. The van der Waals surface area contributed by atoms with Gasteiger partial charge in [0.15, 0.2) is 5.96 Å². The van der Waals surface area contributed by atoms with Gasteiger partial charge in [0.05, 0.1) is 13.0 Å². The Bertz CT molecular complexity index is 497. The van der Waals surface area contributed by atoms with Crippen molar-refractivity contribution in [1.82, 2.24) is 10.6 Å². The van der Waals surface area contributed by atoms with E-state index in [0.717, 1.165) is 0 Å². The number of benzene rings is 1. The molecule has 1 rings (SSSR count). The van der Waals surface area contributed by atoms with Crippen LogP contribution in [0.3, 0.4) is 0 Å². The second-order valence-corrected chi connectivity index (χ2v) is 4.63. The molecule has 2 N–H and O–H groups in total. The summed E-state index contributed by atoms with van der Waals surface area (Å²) in [7, 11) is 1.46. The average molecular weight is 449 g/mol. The Labute approximate surface area is 149 Å². The fraction of sp³-hybridized carbons (Fsp3) is 0.500. The predicted molar refractivity (Wildman–Crippen MR) is 91.9 cm³/mol. The van der Waals surface area contributed by atoms with Gasteiger partial charge in [0.25, 0.3) is 0 Å². The van der Waals surface area contributed by atoms with Crippen LogP contribution >= 0.6 is 24.0 Å². The zero-order valence-electron chi connectivity index (χ0n) is 12.8. The van der Waals surface area contributed by atoms with Crippen molar-refractivity contribution in [2.75, 3.05) is 20.1 Å². The van der Waals surface area contributed by atoms with Crippen LogP contribution in [0.4, 0.5) is 17.6 Å². The largest absolute Gasteiger partial charge is 0.489 e. The van der Waals surface area contributed by atoms with Crippen molar-refractivity contribution < 1.29 is 22.3 Å². The molecule has 9 heteroatoms. The van der Waals surface area contributed by atoms with Crippen molar-refractivity contribution in [1.29, 1.82) is 0 Å². The smallest absolute Gasteiger partial charge is 0.390 e. The Balaban J connectivity index is 0.00000484. The van der Waals surface area contributed by atoms with Gasteiger partial charge in [-0.3, -0.25) is 4.99 Å². The first kappa shape index (κ1) is 21.7. The summed E-state index contributed by atoms with van der Waals surface area (Å²) in [6.07, 6.45) is -5.47. The summed E-state index contributed by atoms with van der Waals surface area (Å²) in [5.74, 6) is 0.232. The zero-order chi connectivity index (χ0) is 16.6. The van der Waals surface area contributed by atoms with Gasteiger partial charge in [-0.15, -0.1) is 24.0 Å². The van der Waals surface area contributed by atoms with Crippen LogP contribution in [0.15, 0.2) is 29.3 Å². The van der Waals surface area contributed by atoms with E-state index in [1.165, 1.54) is 25.2 Å². The maximum absolute atomic E-state index is 13.0. The molecular weight excluding hydrogens is 429 g/mol. The average Bonchev–Trinajstić information content (AvgIpc) is 2.41. The molecule has 0 saturated heterocycles. The Hall–Kier alpha value is -1.26. The SMILES string of the molecule is CN=C(NCCC(F)(F)F)NCC(C)Oc1cccc(F)c1.I. The molecule has 0 aliphatic carbocycles. The second-order valence-electron chi connectivity index (χ2n) is 4.63. The van der Waals surface area contributed by atoms with E-state index in [9.17, 15) is 17.6 Å². The summed E-state index contributed by atoms with van der Waals surface area (Å²) in [5.41, 5.74) is 0. The van der Waals surface area contributed by atoms with Gasteiger partial charge in [0.1, 0.15) is 17.7 Å². The van der Waals surface area contributed by atoms with Crippen LogP contribution in [0, 0.1) is 5.82 Å². The van der Waals surface area contributed by atoms with E-state index in [1.54, 1.807) is 13.0 Å². The quantitative estimate of drug-likeness (QED) is 0.303. The molecule has 0 aliphatic rings. The van der Waals surface area contributed by atoms with Crippen LogP contribution in [-0.2, 0) is 0 Å². The molecule has 0 aromatic heterocycles. The third-order valence-electron chi connectivity index (χ3n) is 2.61. The lowest BCUT2D eigenvalue weighted by Gasteiger charge is -2.18. The van der Waals surface area contributed by atoms with Crippen LogP contribution in [0.25, 0.3) is 0 Å². The highest BCUT2D eigenvalue weighted by Crippen LogP contribution is 2.18. The minimum Gasteiger partial charge on any atom is -0.489 e. The molecule has 0 radical (unpaired) electrons. The van der Waals surface area contributed by atoms with Gasteiger partial charge in [0, 0.05) is 19.7 Å². The summed E-state index contributed by atoms with van der Waals surface area (Å²) < 4.78 is 54.6. The highest BCUT2D eigenvalue weighted by Gasteiger charge is 2.26. The van der Waals surface area contributed by atoms with E-state index in [0.29, 0.717) is 12.3 Å². The summed E-state index contributed by atoms with van der Waals surface area (Å²) in [4.78, 5) is 3.81. The van der Waals surface area contributed by atoms with Gasteiger partial charge in [-0.1, -0.05) is 6.07 Å². The van der Waals surface area contributed by atoms with Crippen molar-refractivity contribution in [2.45, 2.75) is 25.6 Å². The fourth-order valence-electron chi connectivity index (χ4n) is 1.60. The normalized spacial score (nSPS) is 13.0. The van der Waals surface area contributed by atoms with Gasteiger partial charge in [-0.2, -0.15) is 13.2 Å². The van der Waals surface area contributed by atoms with Crippen molar-refractivity contribution >= 4 is 29.9 Å². The predicted octanol–water partition coefficient (Wildman–Crippen LogP) is 3.33. The first-order chi connectivity index (χ1) is 10.3. The van der Waals surface area contributed by atoms with Gasteiger partial charge < -0.3 is 15.4 Å². The summed E-state index contributed by atoms with van der Waals surface area (Å²) in [6.45, 7) is 1.80. The van der Waals surface area contributed by atoms with Crippen molar-refractivity contribution in [3.8, 4) is 5.75 Å². The maximum atomic E-state index is 13.0. The van der Waals surface area contributed by atoms with Gasteiger partial charge in [-0.25, -0.2) is 4.39 Å². The number of aliphatic imine (C=N–C) groups is 1. The number of alkyl halides is 3. The van der Waals surface area contributed by atoms with E-state index in [-0.39, 0.29) is 42.6 Å². The highest BCUT2D eigenvalue weighted by atomic mass is 127. The minimum absolute atomic E-state index is 0. The number of halogens is 5. The number of ether oxygens (including phenoxy) is 1. The number of nitrogens with zero attached hydrogens (tertiary/aromatic N) is 1. The molecule has 1 aromatic rings. The first-order valence-electron chi connectivity index (χ1n) is 6.73. The van der Waals surface area contributed by atoms with Crippen LogP contribution in [0.5, 0.6) is 5.75 Å². The highest BCUT2D eigenvalue weighted by molar-refractivity contribution is 14.0. The van der Waals surface area contributed by atoms with E-state index >= 15 is 0 Å². The van der Waals surface area contributed by atoms with E-state index in [1.807, 2.05) is 0 Å². The second kappa shape index (κ2) is 10.5. The van der Waals surface area contributed by atoms with Crippen LogP contribution in [0.1, 0.15) is 13.3 Å². The summed E-state index contributed by atoms with van der Waals surface area (Å²) in [6, 6.07) is 5.72. The Morgan fingerprint density at radius 2 is 2.00 bits per heavy atom. The molecule has 1 unspecified atom stereocenters. The molecule has 0 bridgehead atoms. The van der Waals surface area contributed by atoms with Crippen molar-refractivity contribution in [2.24, 2.45) is 4.99 Å². The Morgan fingerprint density at radius 1 is 1.30 bits per heavy atom. The lowest BCUT2D eigenvalue weighted by molar-refractivity contribution is -0.132. The van der Waals surface area contributed by atoms with Gasteiger partial charge in [0.2, 0.25) is 0 Å². The maximum Gasteiger partial charge on any atom is 0.390 e. The van der Waals surface area contributed by atoms with Crippen LogP contribution in [0.2, 0.25) is 0 Å². The lowest BCUT2D eigenvalue weighted by atomic mass is 10.3. The number of guanidine groups is 1. The molecule has 0 heterocycles. The molecule has 0 aliphatic heterocycles. The third kappa shape index (κ3) is 10.2. The number of rotatable bonds is 6. The van der Waals surface area contributed by atoms with E-state index < -0.39 is 18.4 Å². The van der Waals surface area contributed by atoms with Crippen LogP contribution in [-0.4, -0.2) is 38.4 Å². The van der Waals surface area contributed by atoms with E-state index in [2.05, 4.69) is 15.6 Å². The minimum atomic E-state index is -4.21. The fourth-order valence-corrected chi connectivity index (χ4v) is 1.60.